The predicted molar refractivity (Wildman–Crippen MR) is 111 cm³/mol. The van der Waals surface area contributed by atoms with Crippen molar-refractivity contribution in [3.8, 4) is 11.3 Å². The largest absolute Gasteiger partial charge is 0.453 e. The summed E-state index contributed by atoms with van der Waals surface area (Å²) in [6.45, 7) is 2.54. The summed E-state index contributed by atoms with van der Waals surface area (Å²) in [6.07, 6.45) is 0.671. The highest BCUT2D eigenvalue weighted by Crippen LogP contribution is 2.28. The van der Waals surface area contributed by atoms with Gasteiger partial charge in [0.1, 0.15) is 5.76 Å². The highest BCUT2D eigenvalue weighted by Gasteiger charge is 2.18. The van der Waals surface area contributed by atoms with E-state index in [0.29, 0.717) is 24.2 Å². The molecule has 0 spiro atoms. The molecule has 0 aliphatic carbocycles. The molecule has 1 aromatic heterocycles. The summed E-state index contributed by atoms with van der Waals surface area (Å²) < 4.78 is 5.44. The van der Waals surface area contributed by atoms with Gasteiger partial charge in [-0.2, -0.15) is 0 Å². The van der Waals surface area contributed by atoms with Crippen LogP contribution >= 0.6 is 0 Å². The van der Waals surface area contributed by atoms with Crippen LogP contribution in [-0.2, 0) is 0 Å². The number of nitrogens with zero attached hydrogens (tertiary/aromatic N) is 1. The Kier molecular flexibility index (Phi) is 4.77. The molecular formula is C24H19NO3. The summed E-state index contributed by atoms with van der Waals surface area (Å²) in [7, 11) is 0. The molecule has 0 radical (unpaired) electrons. The highest BCUT2D eigenvalue weighted by atomic mass is 16.3. The lowest BCUT2D eigenvalue weighted by atomic mass is 10.1. The number of fused-ring (bicyclic) bond motifs is 1. The maximum absolute atomic E-state index is 13.2. The van der Waals surface area contributed by atoms with Crippen molar-refractivity contribution in [2.75, 3.05) is 11.4 Å². The molecule has 0 fully saturated rings. The number of aldehydes is 1. The van der Waals surface area contributed by atoms with E-state index in [9.17, 15) is 9.59 Å². The second-order valence-electron chi connectivity index (χ2n) is 6.44. The van der Waals surface area contributed by atoms with E-state index in [-0.39, 0.29) is 11.7 Å². The van der Waals surface area contributed by atoms with E-state index in [1.807, 2.05) is 61.5 Å². The van der Waals surface area contributed by atoms with Gasteiger partial charge in [0.05, 0.1) is 5.69 Å². The first-order valence-corrected chi connectivity index (χ1v) is 9.16. The third-order valence-electron chi connectivity index (χ3n) is 4.78. The van der Waals surface area contributed by atoms with Crippen molar-refractivity contribution in [2.24, 2.45) is 0 Å². The van der Waals surface area contributed by atoms with Gasteiger partial charge in [-0.05, 0) is 42.6 Å². The van der Waals surface area contributed by atoms with Crippen molar-refractivity contribution >= 4 is 28.7 Å². The van der Waals surface area contributed by atoms with Gasteiger partial charge in [0.15, 0.2) is 12.0 Å². The lowest BCUT2D eigenvalue weighted by Crippen LogP contribution is -2.30. The average Bonchev–Trinajstić information content (AvgIpc) is 3.24. The van der Waals surface area contributed by atoms with E-state index < -0.39 is 0 Å². The Balaban J connectivity index is 1.66. The van der Waals surface area contributed by atoms with Crippen molar-refractivity contribution in [2.45, 2.75) is 6.92 Å². The Morgan fingerprint density at radius 1 is 0.929 bits per heavy atom. The molecule has 0 saturated heterocycles. The number of furan rings is 1. The number of benzene rings is 3. The fourth-order valence-electron chi connectivity index (χ4n) is 3.37. The van der Waals surface area contributed by atoms with Crippen LogP contribution in [0.2, 0.25) is 0 Å². The van der Waals surface area contributed by atoms with Crippen molar-refractivity contribution in [1.29, 1.82) is 0 Å². The summed E-state index contributed by atoms with van der Waals surface area (Å²) in [6, 6.07) is 24.6. The van der Waals surface area contributed by atoms with Crippen LogP contribution in [0.5, 0.6) is 0 Å². The van der Waals surface area contributed by atoms with Crippen LogP contribution in [0.4, 0.5) is 5.69 Å². The maximum Gasteiger partial charge on any atom is 0.258 e. The minimum atomic E-state index is -0.0570. The molecule has 0 N–H and O–H groups in total. The van der Waals surface area contributed by atoms with E-state index in [2.05, 4.69) is 0 Å². The molecule has 1 heterocycles. The van der Waals surface area contributed by atoms with Crippen LogP contribution in [0.3, 0.4) is 0 Å². The van der Waals surface area contributed by atoms with Crippen LogP contribution in [0.15, 0.2) is 83.3 Å². The van der Waals surface area contributed by atoms with Crippen LogP contribution in [0.1, 0.15) is 27.8 Å². The molecule has 4 heteroatoms. The summed E-state index contributed by atoms with van der Waals surface area (Å²) in [5.41, 5.74) is 2.31. The Morgan fingerprint density at radius 3 is 2.39 bits per heavy atom. The number of anilines is 1. The molecule has 1 amide bonds. The van der Waals surface area contributed by atoms with E-state index in [1.165, 1.54) is 0 Å². The Bertz CT molecular complexity index is 1140. The van der Waals surface area contributed by atoms with Gasteiger partial charge in [0, 0.05) is 23.1 Å². The first-order chi connectivity index (χ1) is 13.7. The van der Waals surface area contributed by atoms with Gasteiger partial charge in [-0.3, -0.25) is 9.59 Å². The second kappa shape index (κ2) is 7.53. The van der Waals surface area contributed by atoms with Crippen LogP contribution in [0.25, 0.3) is 22.1 Å². The first kappa shape index (κ1) is 17.7. The third-order valence-corrected chi connectivity index (χ3v) is 4.78. The summed E-state index contributed by atoms with van der Waals surface area (Å²) in [5, 5.41) is 2.15. The number of rotatable bonds is 5. The quantitative estimate of drug-likeness (QED) is 0.432. The van der Waals surface area contributed by atoms with Gasteiger partial charge in [-0.15, -0.1) is 0 Å². The van der Waals surface area contributed by atoms with Crippen molar-refractivity contribution in [1.82, 2.24) is 0 Å². The number of carbonyl (C=O) groups is 2. The fraction of sp³-hybridized carbons (Fsp3) is 0.0833. The summed E-state index contributed by atoms with van der Waals surface area (Å²) >= 11 is 0. The van der Waals surface area contributed by atoms with Gasteiger partial charge in [0.25, 0.3) is 5.91 Å². The van der Waals surface area contributed by atoms with Gasteiger partial charge >= 0.3 is 0 Å². The van der Waals surface area contributed by atoms with E-state index in [4.69, 9.17) is 4.42 Å². The standard InChI is InChI=1S/C24H19NO3/c1-2-25(22-9-5-7-17-6-3-4-8-21(17)22)24(27)19-12-10-18(11-13-19)23-15-14-20(16-26)28-23/h3-16H,2H2,1H3. The molecule has 0 atom stereocenters. The average molecular weight is 369 g/mol. The second-order valence-corrected chi connectivity index (χ2v) is 6.44. The summed E-state index contributed by atoms with van der Waals surface area (Å²) in [4.78, 5) is 25.7. The van der Waals surface area contributed by atoms with Crippen LogP contribution in [-0.4, -0.2) is 18.7 Å². The van der Waals surface area contributed by atoms with Crippen molar-refractivity contribution < 1.29 is 14.0 Å². The molecule has 0 aliphatic rings. The molecule has 138 valence electrons. The highest BCUT2D eigenvalue weighted by molar-refractivity contribution is 6.10. The fourth-order valence-corrected chi connectivity index (χ4v) is 3.37. The molecule has 3 aromatic carbocycles. The van der Waals surface area contributed by atoms with Crippen LogP contribution in [0, 0.1) is 0 Å². The lowest BCUT2D eigenvalue weighted by molar-refractivity contribution is 0.0988. The van der Waals surface area contributed by atoms with E-state index >= 15 is 0 Å². The van der Waals surface area contributed by atoms with Crippen LogP contribution < -0.4 is 4.90 Å². The monoisotopic (exact) mass is 369 g/mol. The zero-order valence-electron chi connectivity index (χ0n) is 15.5. The van der Waals surface area contributed by atoms with E-state index in [0.717, 1.165) is 22.0 Å². The van der Waals surface area contributed by atoms with Crippen molar-refractivity contribution in [3.05, 3.63) is 90.2 Å². The van der Waals surface area contributed by atoms with Gasteiger partial charge in [-0.25, -0.2) is 0 Å². The zero-order chi connectivity index (χ0) is 19.5. The first-order valence-electron chi connectivity index (χ1n) is 9.16. The van der Waals surface area contributed by atoms with Gasteiger partial charge in [-0.1, -0.05) is 48.5 Å². The van der Waals surface area contributed by atoms with Gasteiger partial charge in [0.2, 0.25) is 0 Å². The van der Waals surface area contributed by atoms with E-state index in [1.54, 1.807) is 29.2 Å². The molecule has 28 heavy (non-hydrogen) atoms. The molecular weight excluding hydrogens is 350 g/mol. The molecule has 0 bridgehead atoms. The number of hydrogen-bond acceptors (Lipinski definition) is 3. The SMILES string of the molecule is CCN(C(=O)c1ccc(-c2ccc(C=O)o2)cc1)c1cccc2ccccc12. The topological polar surface area (TPSA) is 50.5 Å². The number of amides is 1. The van der Waals surface area contributed by atoms with Gasteiger partial charge < -0.3 is 9.32 Å². The predicted octanol–water partition coefficient (Wildman–Crippen LogP) is 5.58. The third kappa shape index (κ3) is 3.21. The number of hydrogen-bond donors (Lipinski definition) is 0. The minimum absolute atomic E-state index is 0.0570. The molecule has 4 rings (SSSR count). The molecule has 0 saturated carbocycles. The smallest absolute Gasteiger partial charge is 0.258 e. The summed E-state index contributed by atoms with van der Waals surface area (Å²) in [5.74, 6) is 0.823. The normalized spacial score (nSPS) is 10.8. The van der Waals surface area contributed by atoms with Crippen molar-refractivity contribution in [3.63, 3.8) is 0 Å². The molecule has 0 unspecified atom stereocenters. The molecule has 4 aromatic rings. The molecule has 4 nitrogen and oxygen atoms in total. The lowest BCUT2D eigenvalue weighted by Gasteiger charge is -2.23. The molecule has 0 aliphatic heterocycles. The minimum Gasteiger partial charge on any atom is -0.453 e. The maximum atomic E-state index is 13.2. The Labute approximate surface area is 163 Å². The Hall–Kier alpha value is -3.66. The zero-order valence-corrected chi connectivity index (χ0v) is 15.5. The Morgan fingerprint density at radius 2 is 1.68 bits per heavy atom. The number of carbonyl (C=O) groups excluding carboxylic acids is 2.